The van der Waals surface area contributed by atoms with Crippen molar-refractivity contribution in [3.8, 4) is 0 Å². The number of amides is 3. The quantitative estimate of drug-likeness (QED) is 0.549. The Kier molecular flexibility index (Phi) is 1.62. The molecule has 1 aliphatic rings. The lowest BCUT2D eigenvalue weighted by Gasteiger charge is -2.34. The average molecular weight is 156 g/mol. The van der Waals surface area contributed by atoms with Crippen molar-refractivity contribution < 1.29 is 9.59 Å². The van der Waals surface area contributed by atoms with Crippen LogP contribution in [0.1, 0.15) is 20.3 Å². The van der Waals surface area contributed by atoms with Crippen molar-refractivity contribution in [2.75, 3.05) is 7.05 Å². The van der Waals surface area contributed by atoms with Gasteiger partial charge in [-0.15, -0.1) is 0 Å². The molecule has 0 aromatic rings. The molecule has 1 fully saturated rings. The fraction of sp³-hybridized carbons (Fsp3) is 0.714. The van der Waals surface area contributed by atoms with Crippen molar-refractivity contribution >= 4 is 11.9 Å². The van der Waals surface area contributed by atoms with E-state index in [-0.39, 0.29) is 17.5 Å². The number of imide groups is 1. The molecular formula is C7H12N2O2. The van der Waals surface area contributed by atoms with Crippen molar-refractivity contribution in [3.05, 3.63) is 0 Å². The molecule has 11 heavy (non-hydrogen) atoms. The molecule has 1 N–H and O–H groups in total. The van der Waals surface area contributed by atoms with Gasteiger partial charge in [-0.25, -0.2) is 4.79 Å². The predicted octanol–water partition coefficient (Wildman–Crippen LogP) is 0.337. The molecule has 0 spiro atoms. The van der Waals surface area contributed by atoms with Crippen LogP contribution in [0.2, 0.25) is 0 Å². The molecule has 62 valence electrons. The van der Waals surface area contributed by atoms with Gasteiger partial charge in [0.05, 0.1) is 0 Å². The van der Waals surface area contributed by atoms with Gasteiger partial charge in [0.25, 0.3) is 0 Å². The SMILES string of the molecule is CN1C(=O)CC(C)(C)NC1=O. The van der Waals surface area contributed by atoms with E-state index in [1.54, 1.807) is 0 Å². The Balaban J connectivity index is 2.78. The number of nitrogens with zero attached hydrogens (tertiary/aromatic N) is 1. The Bertz CT molecular complexity index is 190. The third kappa shape index (κ3) is 1.50. The van der Waals surface area contributed by atoms with Gasteiger partial charge >= 0.3 is 6.03 Å². The molecule has 0 radical (unpaired) electrons. The van der Waals surface area contributed by atoms with E-state index in [0.717, 1.165) is 4.90 Å². The summed E-state index contributed by atoms with van der Waals surface area (Å²) in [7, 11) is 1.48. The number of carbonyl (C=O) groups excluding carboxylic acids is 2. The van der Waals surface area contributed by atoms with E-state index in [1.165, 1.54) is 7.05 Å². The summed E-state index contributed by atoms with van der Waals surface area (Å²) in [6, 6.07) is -0.314. The van der Waals surface area contributed by atoms with Crippen LogP contribution in [-0.2, 0) is 4.79 Å². The highest BCUT2D eigenvalue weighted by molar-refractivity contribution is 5.97. The van der Waals surface area contributed by atoms with Gasteiger partial charge in [-0.1, -0.05) is 0 Å². The molecule has 1 rings (SSSR count). The summed E-state index contributed by atoms with van der Waals surface area (Å²) in [6.07, 6.45) is 0.370. The minimum absolute atomic E-state index is 0.126. The normalized spacial score (nSPS) is 23.4. The number of carbonyl (C=O) groups is 2. The minimum Gasteiger partial charge on any atom is -0.332 e. The van der Waals surface area contributed by atoms with Gasteiger partial charge in [0.2, 0.25) is 5.91 Å². The molecule has 0 bridgehead atoms. The van der Waals surface area contributed by atoms with Crippen molar-refractivity contribution in [2.24, 2.45) is 0 Å². The summed E-state index contributed by atoms with van der Waals surface area (Å²) in [5, 5.41) is 2.70. The zero-order valence-electron chi connectivity index (χ0n) is 6.97. The molecule has 0 saturated carbocycles. The van der Waals surface area contributed by atoms with E-state index in [9.17, 15) is 9.59 Å². The van der Waals surface area contributed by atoms with E-state index >= 15 is 0 Å². The van der Waals surface area contributed by atoms with Gasteiger partial charge in [0.1, 0.15) is 0 Å². The summed E-state index contributed by atoms with van der Waals surface area (Å²) in [4.78, 5) is 23.2. The summed E-state index contributed by atoms with van der Waals surface area (Å²) < 4.78 is 0. The number of nitrogens with one attached hydrogen (secondary N) is 1. The van der Waals surface area contributed by atoms with Crippen LogP contribution in [0.15, 0.2) is 0 Å². The van der Waals surface area contributed by atoms with Crippen molar-refractivity contribution in [1.29, 1.82) is 0 Å². The van der Waals surface area contributed by atoms with Gasteiger partial charge in [0.15, 0.2) is 0 Å². The highest BCUT2D eigenvalue weighted by atomic mass is 16.2. The van der Waals surface area contributed by atoms with Crippen LogP contribution in [0.3, 0.4) is 0 Å². The standard InChI is InChI=1S/C7H12N2O2/c1-7(2)4-5(10)9(3)6(11)8-7/h4H2,1-3H3,(H,8,11). The number of hydrogen-bond acceptors (Lipinski definition) is 2. The monoisotopic (exact) mass is 156 g/mol. The van der Waals surface area contributed by atoms with Crippen LogP contribution in [0.5, 0.6) is 0 Å². The van der Waals surface area contributed by atoms with Gasteiger partial charge < -0.3 is 5.32 Å². The first-order chi connectivity index (χ1) is 4.92. The number of urea groups is 1. The highest BCUT2D eigenvalue weighted by Crippen LogP contribution is 2.15. The van der Waals surface area contributed by atoms with Crippen LogP contribution in [0, 0.1) is 0 Å². The van der Waals surface area contributed by atoms with Gasteiger partial charge in [-0.3, -0.25) is 9.69 Å². The Morgan fingerprint density at radius 2 is 2.00 bits per heavy atom. The lowest BCUT2D eigenvalue weighted by atomic mass is 9.98. The topological polar surface area (TPSA) is 49.4 Å². The molecule has 1 heterocycles. The van der Waals surface area contributed by atoms with E-state index in [2.05, 4.69) is 5.32 Å². The van der Waals surface area contributed by atoms with E-state index in [4.69, 9.17) is 0 Å². The van der Waals surface area contributed by atoms with Crippen molar-refractivity contribution in [3.63, 3.8) is 0 Å². The Hall–Kier alpha value is -1.06. The van der Waals surface area contributed by atoms with Gasteiger partial charge in [-0.05, 0) is 13.8 Å². The third-order valence-electron chi connectivity index (χ3n) is 1.72. The van der Waals surface area contributed by atoms with Gasteiger partial charge in [-0.2, -0.15) is 0 Å². The predicted molar refractivity (Wildman–Crippen MR) is 40.0 cm³/mol. The van der Waals surface area contributed by atoms with Gasteiger partial charge in [0, 0.05) is 19.0 Å². The van der Waals surface area contributed by atoms with E-state index < -0.39 is 0 Å². The molecular weight excluding hydrogens is 144 g/mol. The lowest BCUT2D eigenvalue weighted by Crippen LogP contribution is -2.58. The highest BCUT2D eigenvalue weighted by Gasteiger charge is 2.34. The largest absolute Gasteiger partial charge is 0.332 e. The Morgan fingerprint density at radius 3 is 2.45 bits per heavy atom. The molecule has 1 saturated heterocycles. The molecule has 0 aromatic carbocycles. The maximum atomic E-state index is 11.1. The van der Waals surface area contributed by atoms with E-state index in [1.807, 2.05) is 13.8 Å². The second-order valence-electron chi connectivity index (χ2n) is 3.44. The zero-order chi connectivity index (χ0) is 8.65. The fourth-order valence-electron chi connectivity index (χ4n) is 1.03. The second kappa shape index (κ2) is 2.22. The molecule has 3 amide bonds. The molecule has 0 aliphatic carbocycles. The minimum atomic E-state index is -0.388. The van der Waals surface area contributed by atoms with Crippen molar-refractivity contribution in [1.82, 2.24) is 10.2 Å². The molecule has 1 aliphatic heterocycles. The lowest BCUT2D eigenvalue weighted by molar-refractivity contribution is -0.130. The smallest absolute Gasteiger partial charge is 0.324 e. The zero-order valence-corrected chi connectivity index (χ0v) is 6.97. The summed E-state index contributed by atoms with van der Waals surface area (Å²) >= 11 is 0. The maximum Gasteiger partial charge on any atom is 0.324 e. The Labute approximate surface area is 65.6 Å². The number of rotatable bonds is 0. The molecule has 4 heteroatoms. The molecule has 0 atom stereocenters. The van der Waals surface area contributed by atoms with E-state index in [0.29, 0.717) is 6.42 Å². The molecule has 0 aromatic heterocycles. The first kappa shape index (κ1) is 8.04. The van der Waals surface area contributed by atoms with Crippen LogP contribution < -0.4 is 5.32 Å². The van der Waals surface area contributed by atoms with Crippen LogP contribution >= 0.6 is 0 Å². The first-order valence-corrected chi connectivity index (χ1v) is 3.51. The summed E-state index contributed by atoms with van der Waals surface area (Å²) in [5.41, 5.74) is -0.388. The maximum absolute atomic E-state index is 11.1. The van der Waals surface area contributed by atoms with Crippen molar-refractivity contribution in [2.45, 2.75) is 25.8 Å². The first-order valence-electron chi connectivity index (χ1n) is 3.51. The van der Waals surface area contributed by atoms with Crippen LogP contribution in [0.4, 0.5) is 4.79 Å². The summed E-state index contributed by atoms with van der Waals surface area (Å²) in [6.45, 7) is 3.66. The summed E-state index contributed by atoms with van der Waals surface area (Å²) in [5.74, 6) is -0.126. The number of hydrogen-bond donors (Lipinski definition) is 1. The third-order valence-corrected chi connectivity index (χ3v) is 1.72. The van der Waals surface area contributed by atoms with Crippen LogP contribution in [-0.4, -0.2) is 29.4 Å². The Morgan fingerprint density at radius 1 is 1.45 bits per heavy atom. The molecule has 4 nitrogen and oxygen atoms in total. The average Bonchev–Trinajstić information content (AvgIpc) is 1.81. The molecule has 0 unspecified atom stereocenters. The second-order valence-corrected chi connectivity index (χ2v) is 3.44. The van der Waals surface area contributed by atoms with Crippen LogP contribution in [0.25, 0.3) is 0 Å². The fourth-order valence-corrected chi connectivity index (χ4v) is 1.03.